The Labute approximate surface area is 95.4 Å². The number of rotatable bonds is 1. The van der Waals surface area contributed by atoms with Crippen molar-refractivity contribution in [2.24, 2.45) is 0 Å². The quantitative estimate of drug-likeness (QED) is 0.708. The first kappa shape index (κ1) is 10.8. The lowest BCUT2D eigenvalue weighted by molar-refractivity contribution is -0.122. The Morgan fingerprint density at radius 2 is 2.12 bits per heavy atom. The number of benzene rings is 1. The van der Waals surface area contributed by atoms with Crippen LogP contribution < -0.4 is 16.0 Å². The fourth-order valence-corrected chi connectivity index (χ4v) is 2.04. The van der Waals surface area contributed by atoms with E-state index in [1.165, 1.54) is 0 Å². The van der Waals surface area contributed by atoms with Crippen LogP contribution in [0.4, 0.5) is 17.1 Å². The third-order valence-corrected chi connectivity index (χ3v) is 2.85. The molecule has 0 unspecified atom stereocenters. The summed E-state index contributed by atoms with van der Waals surface area (Å²) in [5.41, 5.74) is 7.70. The van der Waals surface area contributed by atoms with Gasteiger partial charge in [-0.1, -0.05) is 0 Å². The molecule has 0 aliphatic carbocycles. The van der Waals surface area contributed by atoms with Gasteiger partial charge in [-0.15, -0.1) is 0 Å². The van der Waals surface area contributed by atoms with Gasteiger partial charge in [-0.3, -0.25) is 4.79 Å². The first-order valence-electron chi connectivity index (χ1n) is 5.45. The zero-order chi connectivity index (χ0) is 11.9. The second-order valence-corrected chi connectivity index (χ2v) is 4.58. The number of hydrogen-bond acceptors (Lipinski definition) is 3. The lowest BCUT2D eigenvalue weighted by atomic mass is 9.98. The second kappa shape index (κ2) is 3.40. The fraction of sp³-hybridized carbons (Fsp3) is 0.417. The smallest absolute Gasteiger partial charge is 0.252 e. The standard InChI is InChI=1S/C12H17N3O/c1-4-15-10-6-5-8(13)7-9(10)14-12(2,3)11(15)16/h5-7,14H,4,13H2,1-3H3. The molecule has 0 saturated carbocycles. The molecule has 0 radical (unpaired) electrons. The van der Waals surface area contributed by atoms with Gasteiger partial charge in [-0.2, -0.15) is 0 Å². The number of nitrogens with zero attached hydrogens (tertiary/aromatic N) is 1. The summed E-state index contributed by atoms with van der Waals surface area (Å²) in [5.74, 6) is 0.0901. The summed E-state index contributed by atoms with van der Waals surface area (Å²) in [6.07, 6.45) is 0. The highest BCUT2D eigenvalue weighted by molar-refractivity contribution is 6.07. The predicted molar refractivity (Wildman–Crippen MR) is 66.6 cm³/mol. The molecule has 16 heavy (non-hydrogen) atoms. The molecular weight excluding hydrogens is 202 g/mol. The van der Waals surface area contributed by atoms with Gasteiger partial charge in [0.05, 0.1) is 11.4 Å². The van der Waals surface area contributed by atoms with Gasteiger partial charge in [-0.25, -0.2) is 0 Å². The van der Waals surface area contributed by atoms with E-state index in [4.69, 9.17) is 5.73 Å². The highest BCUT2D eigenvalue weighted by Gasteiger charge is 2.37. The van der Waals surface area contributed by atoms with Gasteiger partial charge >= 0.3 is 0 Å². The maximum Gasteiger partial charge on any atom is 0.252 e. The molecular formula is C12H17N3O. The van der Waals surface area contributed by atoms with Crippen molar-refractivity contribution in [2.45, 2.75) is 26.3 Å². The lowest BCUT2D eigenvalue weighted by Crippen LogP contribution is -2.53. The molecule has 1 heterocycles. The molecule has 4 nitrogen and oxygen atoms in total. The van der Waals surface area contributed by atoms with E-state index in [-0.39, 0.29) is 5.91 Å². The Morgan fingerprint density at radius 1 is 1.44 bits per heavy atom. The Kier molecular flexibility index (Phi) is 2.30. The molecule has 0 spiro atoms. The molecule has 86 valence electrons. The number of likely N-dealkylation sites (N-methyl/N-ethyl adjacent to an activating group) is 1. The summed E-state index contributed by atoms with van der Waals surface area (Å²) >= 11 is 0. The number of nitrogen functional groups attached to an aromatic ring is 1. The van der Waals surface area contributed by atoms with Crippen molar-refractivity contribution in [3.63, 3.8) is 0 Å². The van der Waals surface area contributed by atoms with E-state index in [2.05, 4.69) is 5.32 Å². The Morgan fingerprint density at radius 3 is 2.75 bits per heavy atom. The van der Waals surface area contributed by atoms with Crippen LogP contribution in [0.3, 0.4) is 0 Å². The van der Waals surface area contributed by atoms with Crippen LogP contribution in [0, 0.1) is 0 Å². The number of nitrogens with two attached hydrogens (primary N) is 1. The van der Waals surface area contributed by atoms with Gasteiger partial charge in [-0.05, 0) is 39.0 Å². The summed E-state index contributed by atoms with van der Waals surface area (Å²) < 4.78 is 0. The molecule has 0 bridgehead atoms. The van der Waals surface area contributed by atoms with Crippen molar-refractivity contribution in [1.82, 2.24) is 0 Å². The predicted octanol–water partition coefficient (Wildman–Crippen LogP) is 1.83. The molecule has 0 saturated heterocycles. The van der Waals surface area contributed by atoms with Gasteiger partial charge in [0, 0.05) is 12.2 Å². The maximum absolute atomic E-state index is 12.2. The second-order valence-electron chi connectivity index (χ2n) is 4.58. The highest BCUT2D eigenvalue weighted by atomic mass is 16.2. The Bertz CT molecular complexity index is 440. The maximum atomic E-state index is 12.2. The number of amides is 1. The van der Waals surface area contributed by atoms with E-state index in [1.54, 1.807) is 4.90 Å². The van der Waals surface area contributed by atoms with Crippen LogP contribution in [-0.2, 0) is 4.79 Å². The van der Waals surface area contributed by atoms with E-state index < -0.39 is 5.54 Å². The fourth-order valence-electron chi connectivity index (χ4n) is 2.04. The normalized spacial score (nSPS) is 17.9. The minimum absolute atomic E-state index is 0.0901. The number of carbonyl (C=O) groups excluding carboxylic acids is 1. The third kappa shape index (κ3) is 1.50. The van der Waals surface area contributed by atoms with Crippen LogP contribution in [0.25, 0.3) is 0 Å². The number of nitrogens with one attached hydrogen (secondary N) is 1. The lowest BCUT2D eigenvalue weighted by Gasteiger charge is -2.39. The van der Waals surface area contributed by atoms with Gasteiger partial charge in [0.25, 0.3) is 5.91 Å². The molecule has 0 atom stereocenters. The summed E-state index contributed by atoms with van der Waals surface area (Å²) in [7, 11) is 0. The van der Waals surface area contributed by atoms with E-state index >= 15 is 0 Å². The molecule has 0 aromatic heterocycles. The monoisotopic (exact) mass is 219 g/mol. The van der Waals surface area contributed by atoms with Crippen LogP contribution in [-0.4, -0.2) is 18.0 Å². The minimum atomic E-state index is -0.573. The average Bonchev–Trinajstić information content (AvgIpc) is 2.20. The Hall–Kier alpha value is -1.71. The zero-order valence-electron chi connectivity index (χ0n) is 9.87. The number of anilines is 3. The number of hydrogen-bond donors (Lipinski definition) is 2. The molecule has 1 aliphatic heterocycles. The topological polar surface area (TPSA) is 58.4 Å². The van der Waals surface area contributed by atoms with E-state index in [0.717, 1.165) is 11.4 Å². The third-order valence-electron chi connectivity index (χ3n) is 2.85. The van der Waals surface area contributed by atoms with Gasteiger partial charge in [0.15, 0.2) is 0 Å². The van der Waals surface area contributed by atoms with Crippen LogP contribution in [0.2, 0.25) is 0 Å². The summed E-state index contributed by atoms with van der Waals surface area (Å²) in [6, 6.07) is 5.56. The summed E-state index contributed by atoms with van der Waals surface area (Å²) in [6.45, 7) is 6.40. The van der Waals surface area contributed by atoms with Crippen LogP contribution in [0.5, 0.6) is 0 Å². The van der Waals surface area contributed by atoms with Gasteiger partial charge in [0.1, 0.15) is 5.54 Å². The molecule has 3 N–H and O–H groups in total. The number of fused-ring (bicyclic) bond motifs is 1. The van der Waals surface area contributed by atoms with Crippen molar-refractivity contribution in [1.29, 1.82) is 0 Å². The first-order chi connectivity index (χ1) is 7.45. The van der Waals surface area contributed by atoms with Gasteiger partial charge < -0.3 is 16.0 Å². The first-order valence-corrected chi connectivity index (χ1v) is 5.45. The molecule has 1 amide bonds. The SMILES string of the molecule is CCN1C(=O)C(C)(C)Nc2cc(N)ccc21. The van der Waals surface area contributed by atoms with Crippen molar-refractivity contribution >= 4 is 23.0 Å². The van der Waals surface area contributed by atoms with Crippen LogP contribution in [0.1, 0.15) is 20.8 Å². The van der Waals surface area contributed by atoms with Crippen molar-refractivity contribution < 1.29 is 4.79 Å². The average molecular weight is 219 g/mol. The summed E-state index contributed by atoms with van der Waals surface area (Å²) in [4.78, 5) is 13.9. The van der Waals surface area contributed by atoms with Gasteiger partial charge in [0.2, 0.25) is 0 Å². The van der Waals surface area contributed by atoms with E-state index in [1.807, 2.05) is 39.0 Å². The molecule has 1 aliphatic rings. The number of carbonyl (C=O) groups is 1. The van der Waals surface area contributed by atoms with E-state index in [9.17, 15) is 4.79 Å². The van der Waals surface area contributed by atoms with E-state index in [0.29, 0.717) is 12.2 Å². The highest BCUT2D eigenvalue weighted by Crippen LogP contribution is 2.36. The minimum Gasteiger partial charge on any atom is -0.399 e. The zero-order valence-corrected chi connectivity index (χ0v) is 9.87. The molecule has 2 rings (SSSR count). The van der Waals surface area contributed by atoms with Crippen LogP contribution >= 0.6 is 0 Å². The molecule has 1 aromatic carbocycles. The van der Waals surface area contributed by atoms with Crippen molar-refractivity contribution in [2.75, 3.05) is 22.5 Å². The summed E-state index contributed by atoms with van der Waals surface area (Å²) in [5, 5.41) is 3.22. The van der Waals surface area contributed by atoms with Crippen molar-refractivity contribution in [3.8, 4) is 0 Å². The van der Waals surface area contributed by atoms with Crippen molar-refractivity contribution in [3.05, 3.63) is 18.2 Å². The molecule has 1 aromatic rings. The van der Waals surface area contributed by atoms with Crippen LogP contribution in [0.15, 0.2) is 18.2 Å². The Balaban J connectivity index is 2.55. The largest absolute Gasteiger partial charge is 0.399 e. The molecule has 4 heteroatoms. The molecule has 0 fully saturated rings.